The van der Waals surface area contributed by atoms with Crippen molar-refractivity contribution in [3.63, 3.8) is 0 Å². The van der Waals surface area contributed by atoms with E-state index in [-0.39, 0.29) is 10.7 Å². The monoisotopic (exact) mass is 430 g/mol. The van der Waals surface area contributed by atoms with Crippen LogP contribution in [0.2, 0.25) is 0 Å². The van der Waals surface area contributed by atoms with Gasteiger partial charge in [0.2, 0.25) is 0 Å². The molecule has 1 aromatic carbocycles. The second-order valence-corrected chi connectivity index (χ2v) is 9.76. The van der Waals surface area contributed by atoms with Crippen LogP contribution in [-0.2, 0) is 21.3 Å². The summed E-state index contributed by atoms with van der Waals surface area (Å²) in [4.78, 5) is 16.6. The van der Waals surface area contributed by atoms with Gasteiger partial charge in [0.15, 0.2) is 0 Å². The number of fused-ring (bicyclic) bond motifs is 1. The molecule has 3 rings (SSSR count). The highest BCUT2D eigenvalue weighted by Crippen LogP contribution is 2.26. The number of hydrogen-bond donors (Lipinski definition) is 2. The van der Waals surface area contributed by atoms with Crippen molar-refractivity contribution in [2.45, 2.75) is 44.7 Å². The lowest BCUT2D eigenvalue weighted by molar-refractivity contribution is 0.0635. The van der Waals surface area contributed by atoms with Crippen molar-refractivity contribution in [3.8, 4) is 0 Å². The molecular formula is C21H26N4O4S. The highest BCUT2D eigenvalue weighted by molar-refractivity contribution is 7.90. The molecule has 0 saturated carbocycles. The van der Waals surface area contributed by atoms with Gasteiger partial charge in [-0.2, -0.15) is 0 Å². The molecule has 0 aliphatic rings. The smallest absolute Gasteiger partial charge is 0.413 e. The van der Waals surface area contributed by atoms with Crippen LogP contribution < -0.4 is 10.6 Å². The Morgan fingerprint density at radius 1 is 1.13 bits per heavy atom. The highest BCUT2D eigenvalue weighted by atomic mass is 32.2. The van der Waals surface area contributed by atoms with E-state index in [9.17, 15) is 13.2 Å². The minimum absolute atomic E-state index is 0.193. The molecule has 0 unspecified atom stereocenters. The van der Waals surface area contributed by atoms with Gasteiger partial charge in [0.05, 0.1) is 21.6 Å². The zero-order valence-electron chi connectivity index (χ0n) is 17.7. The molecule has 2 heterocycles. The van der Waals surface area contributed by atoms with E-state index in [2.05, 4.69) is 15.6 Å². The van der Waals surface area contributed by atoms with Crippen molar-refractivity contribution < 1.29 is 17.9 Å². The Kier molecular flexibility index (Phi) is 5.87. The Labute approximate surface area is 176 Å². The summed E-state index contributed by atoms with van der Waals surface area (Å²) in [6.45, 7) is 7.53. The summed E-state index contributed by atoms with van der Waals surface area (Å²) in [5.41, 5.74) is 1.75. The molecular weight excluding hydrogens is 404 g/mol. The first-order valence-electron chi connectivity index (χ1n) is 9.49. The zero-order chi connectivity index (χ0) is 22.1. The van der Waals surface area contributed by atoms with Crippen molar-refractivity contribution >= 4 is 33.0 Å². The van der Waals surface area contributed by atoms with E-state index < -0.39 is 21.7 Å². The second-order valence-electron chi connectivity index (χ2n) is 7.98. The van der Waals surface area contributed by atoms with Gasteiger partial charge in [0.25, 0.3) is 10.0 Å². The number of nitrogens with zero attached hydrogens (tertiary/aromatic N) is 2. The van der Waals surface area contributed by atoms with E-state index in [1.165, 1.54) is 3.97 Å². The first-order valence-corrected chi connectivity index (χ1v) is 10.9. The number of aromatic nitrogens is 2. The number of amides is 1. The number of rotatable bonds is 5. The predicted octanol–water partition coefficient (Wildman–Crippen LogP) is 3.65. The molecule has 3 aromatic rings. The molecule has 0 fully saturated rings. The van der Waals surface area contributed by atoms with Crippen molar-refractivity contribution in [2.24, 2.45) is 0 Å². The van der Waals surface area contributed by atoms with Crippen molar-refractivity contribution in [1.29, 1.82) is 0 Å². The van der Waals surface area contributed by atoms with Gasteiger partial charge >= 0.3 is 6.09 Å². The molecule has 160 valence electrons. The van der Waals surface area contributed by atoms with Crippen LogP contribution >= 0.6 is 0 Å². The van der Waals surface area contributed by atoms with Crippen LogP contribution in [0.15, 0.2) is 47.4 Å². The van der Waals surface area contributed by atoms with Gasteiger partial charge in [0.1, 0.15) is 11.4 Å². The van der Waals surface area contributed by atoms with Gasteiger partial charge < -0.3 is 10.1 Å². The van der Waals surface area contributed by atoms with E-state index in [4.69, 9.17) is 4.74 Å². The average molecular weight is 431 g/mol. The van der Waals surface area contributed by atoms with Gasteiger partial charge in [-0.05, 0) is 65.1 Å². The van der Waals surface area contributed by atoms with E-state index in [0.29, 0.717) is 23.3 Å². The number of aryl methyl sites for hydroxylation is 1. The minimum Gasteiger partial charge on any atom is -0.444 e. The number of anilines is 1. The third-order valence-corrected chi connectivity index (χ3v) is 6.01. The minimum atomic E-state index is -3.83. The summed E-state index contributed by atoms with van der Waals surface area (Å²) in [5, 5.41) is 5.57. The summed E-state index contributed by atoms with van der Waals surface area (Å²) >= 11 is 0. The van der Waals surface area contributed by atoms with Gasteiger partial charge in [-0.3, -0.25) is 5.32 Å². The number of hydrogen-bond acceptors (Lipinski definition) is 6. The normalized spacial score (nSPS) is 12.2. The standard InChI is InChI=1S/C21H26N4O4S/c1-14-6-8-16(9-7-14)30(27,28)25-15(13-22-5)12-17-18(25)10-11-19(23-17)24-20(26)29-21(2,3)4/h6-12,22H,13H2,1-5H3,(H,23,24,26). The summed E-state index contributed by atoms with van der Waals surface area (Å²) < 4.78 is 33.2. The molecule has 0 atom stereocenters. The van der Waals surface area contributed by atoms with Crippen molar-refractivity contribution in [1.82, 2.24) is 14.3 Å². The fraction of sp³-hybridized carbons (Fsp3) is 0.333. The number of nitrogens with one attached hydrogen (secondary N) is 2. The lowest BCUT2D eigenvalue weighted by Gasteiger charge is -2.19. The average Bonchev–Trinajstić information content (AvgIpc) is 2.98. The number of carbonyl (C=O) groups excluding carboxylic acids is 1. The van der Waals surface area contributed by atoms with E-state index in [1.54, 1.807) is 70.3 Å². The summed E-state index contributed by atoms with van der Waals surface area (Å²) in [6.07, 6.45) is -0.628. The summed E-state index contributed by atoms with van der Waals surface area (Å²) in [7, 11) is -2.09. The number of ether oxygens (including phenoxy) is 1. The maximum absolute atomic E-state index is 13.4. The molecule has 1 amide bonds. The quantitative estimate of drug-likeness (QED) is 0.641. The molecule has 0 radical (unpaired) electrons. The number of benzene rings is 1. The summed E-state index contributed by atoms with van der Waals surface area (Å²) in [6, 6.07) is 11.6. The SMILES string of the molecule is CNCc1cc2nc(NC(=O)OC(C)(C)C)ccc2n1S(=O)(=O)c1ccc(C)cc1. The van der Waals surface area contributed by atoms with Crippen LogP contribution in [0, 0.1) is 6.92 Å². The molecule has 0 saturated heterocycles. The van der Waals surface area contributed by atoms with Crippen LogP contribution in [0.4, 0.5) is 10.6 Å². The van der Waals surface area contributed by atoms with Crippen LogP contribution in [0.3, 0.4) is 0 Å². The highest BCUT2D eigenvalue weighted by Gasteiger charge is 2.24. The fourth-order valence-electron chi connectivity index (χ4n) is 3.00. The van der Waals surface area contributed by atoms with E-state index in [0.717, 1.165) is 5.56 Å². The zero-order valence-corrected chi connectivity index (χ0v) is 18.5. The predicted molar refractivity (Wildman–Crippen MR) is 116 cm³/mol. The van der Waals surface area contributed by atoms with Gasteiger partial charge in [-0.25, -0.2) is 22.2 Å². The largest absolute Gasteiger partial charge is 0.444 e. The molecule has 0 aliphatic carbocycles. The lowest BCUT2D eigenvalue weighted by Crippen LogP contribution is -2.27. The Morgan fingerprint density at radius 2 is 1.80 bits per heavy atom. The van der Waals surface area contributed by atoms with Gasteiger partial charge in [-0.15, -0.1) is 0 Å². The van der Waals surface area contributed by atoms with E-state index in [1.807, 2.05) is 6.92 Å². The first-order chi connectivity index (χ1) is 14.0. The maximum Gasteiger partial charge on any atom is 0.413 e. The molecule has 9 heteroatoms. The van der Waals surface area contributed by atoms with Crippen LogP contribution in [0.5, 0.6) is 0 Å². The molecule has 8 nitrogen and oxygen atoms in total. The maximum atomic E-state index is 13.4. The third kappa shape index (κ3) is 4.63. The molecule has 0 bridgehead atoms. The Bertz CT molecular complexity index is 1180. The molecule has 0 aliphatic heterocycles. The lowest BCUT2D eigenvalue weighted by atomic mass is 10.2. The Morgan fingerprint density at radius 3 is 2.40 bits per heavy atom. The molecule has 2 aromatic heterocycles. The molecule has 0 spiro atoms. The summed E-state index contributed by atoms with van der Waals surface area (Å²) in [5.74, 6) is 0.276. The first kappa shape index (κ1) is 21.8. The second kappa shape index (κ2) is 8.08. The van der Waals surface area contributed by atoms with Crippen LogP contribution in [0.1, 0.15) is 32.0 Å². The van der Waals surface area contributed by atoms with Gasteiger partial charge in [0, 0.05) is 6.54 Å². The number of pyridine rings is 1. The van der Waals surface area contributed by atoms with Crippen LogP contribution in [0.25, 0.3) is 11.0 Å². The van der Waals surface area contributed by atoms with Gasteiger partial charge in [-0.1, -0.05) is 17.7 Å². The van der Waals surface area contributed by atoms with Crippen molar-refractivity contribution in [2.75, 3.05) is 12.4 Å². The third-order valence-electron chi connectivity index (χ3n) is 4.23. The molecule has 30 heavy (non-hydrogen) atoms. The van der Waals surface area contributed by atoms with Crippen LogP contribution in [-0.4, -0.2) is 36.1 Å². The Hall–Kier alpha value is -2.91. The number of carbonyl (C=O) groups is 1. The molecule has 2 N–H and O–H groups in total. The topological polar surface area (TPSA) is 102 Å². The Balaban J connectivity index is 2.05. The fourth-order valence-corrected chi connectivity index (χ4v) is 4.53. The van der Waals surface area contributed by atoms with Crippen molar-refractivity contribution in [3.05, 3.63) is 53.7 Å². The van der Waals surface area contributed by atoms with E-state index >= 15 is 0 Å².